The van der Waals surface area contributed by atoms with Crippen LogP contribution in [-0.2, 0) is 9.53 Å². The summed E-state index contributed by atoms with van der Waals surface area (Å²) in [6.07, 6.45) is -3.67. The van der Waals surface area contributed by atoms with E-state index in [1.807, 2.05) is 4.90 Å². The number of piperazine rings is 1. The van der Waals surface area contributed by atoms with Gasteiger partial charge in [-0.3, -0.25) is 9.69 Å². The lowest BCUT2D eigenvalue weighted by atomic mass is 10.0. The van der Waals surface area contributed by atoms with E-state index in [1.165, 1.54) is 0 Å². The SMILES string of the molecule is Cl.O=C(C1CNC1)N1CCN(CCCOCC(F)(F)F)CC1. The molecule has 1 amide bonds. The summed E-state index contributed by atoms with van der Waals surface area (Å²) in [7, 11) is 0. The first kappa shape index (κ1) is 19.5. The Morgan fingerprint density at radius 2 is 1.82 bits per heavy atom. The van der Waals surface area contributed by atoms with Crippen LogP contribution in [0.1, 0.15) is 6.42 Å². The Morgan fingerprint density at radius 3 is 2.32 bits per heavy atom. The summed E-state index contributed by atoms with van der Waals surface area (Å²) in [5.74, 6) is 0.356. The number of hydrogen-bond acceptors (Lipinski definition) is 4. The molecule has 0 atom stereocenters. The highest BCUT2D eigenvalue weighted by Crippen LogP contribution is 2.14. The summed E-state index contributed by atoms with van der Waals surface area (Å²) in [5, 5.41) is 3.09. The highest BCUT2D eigenvalue weighted by atomic mass is 35.5. The molecule has 0 aromatic carbocycles. The first-order valence-corrected chi connectivity index (χ1v) is 7.32. The van der Waals surface area contributed by atoms with E-state index in [0.717, 1.165) is 26.2 Å². The van der Waals surface area contributed by atoms with Crippen molar-refractivity contribution in [2.24, 2.45) is 5.92 Å². The van der Waals surface area contributed by atoms with Crippen LogP contribution in [0.4, 0.5) is 13.2 Å². The molecule has 2 rings (SSSR count). The second-order valence-electron chi connectivity index (χ2n) is 5.54. The predicted molar refractivity (Wildman–Crippen MR) is 78.1 cm³/mol. The number of halogens is 4. The summed E-state index contributed by atoms with van der Waals surface area (Å²) in [6, 6.07) is 0. The van der Waals surface area contributed by atoms with E-state index in [-0.39, 0.29) is 30.8 Å². The smallest absolute Gasteiger partial charge is 0.372 e. The first-order chi connectivity index (χ1) is 9.96. The zero-order valence-corrected chi connectivity index (χ0v) is 13.2. The van der Waals surface area contributed by atoms with Crippen molar-refractivity contribution in [3.63, 3.8) is 0 Å². The van der Waals surface area contributed by atoms with Crippen molar-refractivity contribution in [3.8, 4) is 0 Å². The molecule has 2 fully saturated rings. The molecule has 0 radical (unpaired) electrons. The van der Waals surface area contributed by atoms with Gasteiger partial charge in [-0.25, -0.2) is 0 Å². The lowest BCUT2D eigenvalue weighted by molar-refractivity contribution is -0.174. The minimum atomic E-state index is -4.25. The second kappa shape index (κ2) is 8.90. The van der Waals surface area contributed by atoms with Gasteiger partial charge in [-0.05, 0) is 6.42 Å². The van der Waals surface area contributed by atoms with Gasteiger partial charge >= 0.3 is 6.18 Å². The number of ether oxygens (including phenoxy) is 1. The summed E-state index contributed by atoms with van der Waals surface area (Å²) in [6.45, 7) is 4.18. The molecule has 2 saturated heterocycles. The topological polar surface area (TPSA) is 44.8 Å². The summed E-state index contributed by atoms with van der Waals surface area (Å²) >= 11 is 0. The Bertz CT molecular complexity index is 346. The number of carbonyl (C=O) groups excluding carboxylic acids is 1. The van der Waals surface area contributed by atoms with Crippen molar-refractivity contribution in [1.29, 1.82) is 0 Å². The molecule has 0 aromatic heterocycles. The van der Waals surface area contributed by atoms with Crippen molar-refractivity contribution in [1.82, 2.24) is 15.1 Å². The van der Waals surface area contributed by atoms with Crippen molar-refractivity contribution in [2.75, 3.05) is 59.0 Å². The molecule has 130 valence electrons. The summed E-state index contributed by atoms with van der Waals surface area (Å²) in [5.41, 5.74) is 0. The molecule has 22 heavy (non-hydrogen) atoms. The molecule has 0 spiro atoms. The molecule has 2 heterocycles. The fraction of sp³-hybridized carbons (Fsp3) is 0.923. The normalized spacial score (nSPS) is 20.4. The number of nitrogens with one attached hydrogen (secondary N) is 1. The van der Waals surface area contributed by atoms with Gasteiger partial charge in [0.05, 0.1) is 5.92 Å². The maximum absolute atomic E-state index is 12.0. The van der Waals surface area contributed by atoms with Gasteiger partial charge in [0, 0.05) is 52.4 Å². The third kappa shape index (κ3) is 6.28. The number of nitrogens with zero attached hydrogens (tertiary/aromatic N) is 2. The van der Waals surface area contributed by atoms with Crippen LogP contribution in [0.3, 0.4) is 0 Å². The Hall–Kier alpha value is -0.570. The third-order valence-corrected chi connectivity index (χ3v) is 3.84. The summed E-state index contributed by atoms with van der Waals surface area (Å²) in [4.78, 5) is 16.1. The van der Waals surface area contributed by atoms with Crippen molar-refractivity contribution in [2.45, 2.75) is 12.6 Å². The molecule has 0 bridgehead atoms. The lowest BCUT2D eigenvalue weighted by Crippen LogP contribution is -2.56. The fourth-order valence-corrected chi connectivity index (χ4v) is 2.49. The molecule has 0 unspecified atom stereocenters. The van der Waals surface area contributed by atoms with E-state index in [9.17, 15) is 18.0 Å². The number of rotatable bonds is 6. The van der Waals surface area contributed by atoms with E-state index in [1.54, 1.807) is 0 Å². The highest BCUT2D eigenvalue weighted by Gasteiger charge is 2.31. The van der Waals surface area contributed by atoms with Gasteiger partial charge in [-0.1, -0.05) is 0 Å². The monoisotopic (exact) mass is 345 g/mol. The Morgan fingerprint density at radius 1 is 1.18 bits per heavy atom. The maximum atomic E-state index is 12.0. The van der Waals surface area contributed by atoms with Crippen LogP contribution < -0.4 is 5.32 Å². The standard InChI is InChI=1S/C13H22F3N3O2.ClH/c14-13(15,16)10-21-7-1-2-18-3-5-19(6-4-18)12(20)11-8-17-9-11;/h11,17H,1-10H2;1H. The van der Waals surface area contributed by atoms with Crippen LogP contribution in [0.15, 0.2) is 0 Å². The van der Waals surface area contributed by atoms with E-state index < -0.39 is 12.8 Å². The van der Waals surface area contributed by atoms with Gasteiger partial charge in [0.1, 0.15) is 6.61 Å². The minimum absolute atomic E-state index is 0. The lowest BCUT2D eigenvalue weighted by Gasteiger charge is -2.38. The van der Waals surface area contributed by atoms with Crippen molar-refractivity contribution < 1.29 is 22.7 Å². The summed E-state index contributed by atoms with van der Waals surface area (Å²) < 4.78 is 40.2. The molecule has 5 nitrogen and oxygen atoms in total. The van der Waals surface area contributed by atoms with E-state index in [0.29, 0.717) is 26.1 Å². The average molecular weight is 346 g/mol. The molecule has 1 N–H and O–H groups in total. The van der Waals surface area contributed by atoms with Crippen LogP contribution in [0.2, 0.25) is 0 Å². The average Bonchev–Trinajstić information content (AvgIpc) is 2.35. The first-order valence-electron chi connectivity index (χ1n) is 7.32. The predicted octanol–water partition coefficient (Wildman–Crippen LogP) is 0.741. The zero-order valence-electron chi connectivity index (χ0n) is 12.4. The van der Waals surface area contributed by atoms with E-state index in [2.05, 4.69) is 15.0 Å². The largest absolute Gasteiger partial charge is 0.411 e. The van der Waals surface area contributed by atoms with Crippen LogP contribution in [0.5, 0.6) is 0 Å². The van der Waals surface area contributed by atoms with E-state index in [4.69, 9.17) is 0 Å². The molecule has 2 aliphatic heterocycles. The molecule has 0 aliphatic carbocycles. The Kier molecular flexibility index (Phi) is 7.88. The highest BCUT2D eigenvalue weighted by molar-refractivity contribution is 5.85. The van der Waals surface area contributed by atoms with Gasteiger partial charge in [0.2, 0.25) is 5.91 Å². The number of carbonyl (C=O) groups is 1. The maximum Gasteiger partial charge on any atom is 0.411 e. The second-order valence-corrected chi connectivity index (χ2v) is 5.54. The van der Waals surface area contributed by atoms with Crippen LogP contribution in [0.25, 0.3) is 0 Å². The van der Waals surface area contributed by atoms with Crippen LogP contribution in [-0.4, -0.2) is 80.9 Å². The molecule has 2 aliphatic rings. The molecular formula is C13H23ClF3N3O2. The Labute approximate surface area is 134 Å². The fourth-order valence-electron chi connectivity index (χ4n) is 2.49. The van der Waals surface area contributed by atoms with Crippen molar-refractivity contribution in [3.05, 3.63) is 0 Å². The zero-order chi connectivity index (χ0) is 15.3. The molecule has 0 aromatic rings. The van der Waals surface area contributed by atoms with Crippen molar-refractivity contribution >= 4 is 18.3 Å². The van der Waals surface area contributed by atoms with Gasteiger partial charge in [-0.15, -0.1) is 12.4 Å². The van der Waals surface area contributed by atoms with Gasteiger partial charge in [0.25, 0.3) is 0 Å². The number of hydrogen-bond donors (Lipinski definition) is 1. The van der Waals surface area contributed by atoms with Gasteiger partial charge < -0.3 is 15.0 Å². The Balaban J connectivity index is 0.00000242. The van der Waals surface area contributed by atoms with Crippen LogP contribution >= 0.6 is 12.4 Å². The third-order valence-electron chi connectivity index (χ3n) is 3.84. The molecule has 9 heteroatoms. The molecular weight excluding hydrogens is 323 g/mol. The number of amides is 1. The minimum Gasteiger partial charge on any atom is -0.372 e. The van der Waals surface area contributed by atoms with Crippen LogP contribution in [0, 0.1) is 5.92 Å². The van der Waals surface area contributed by atoms with Gasteiger partial charge in [0.15, 0.2) is 0 Å². The number of alkyl halides is 3. The van der Waals surface area contributed by atoms with Gasteiger partial charge in [-0.2, -0.15) is 13.2 Å². The molecule has 0 saturated carbocycles. The van der Waals surface area contributed by atoms with E-state index >= 15 is 0 Å². The quantitative estimate of drug-likeness (QED) is 0.721.